The van der Waals surface area contributed by atoms with Crippen LogP contribution >= 0.6 is 33.9 Å². The number of hydrogen-bond donors (Lipinski definition) is 2. The van der Waals surface area contributed by atoms with Crippen LogP contribution in [0.5, 0.6) is 0 Å². The highest BCUT2D eigenvalue weighted by atomic mass is 127. The first-order valence-corrected chi connectivity index (χ1v) is 7.41. The molecule has 0 saturated carbocycles. The Bertz CT molecular complexity index is 478. The van der Waals surface area contributed by atoms with Crippen LogP contribution in [-0.2, 0) is 6.42 Å². The number of nitrogens with one attached hydrogen (secondary N) is 1. The van der Waals surface area contributed by atoms with Gasteiger partial charge in [0, 0.05) is 8.45 Å². The quantitative estimate of drug-likeness (QED) is 0.499. The maximum absolute atomic E-state index is 5.67. The van der Waals surface area contributed by atoms with Crippen LogP contribution in [-0.4, -0.2) is 0 Å². The number of thiophene rings is 1. The first-order valence-electron chi connectivity index (χ1n) is 5.45. The van der Waals surface area contributed by atoms with Gasteiger partial charge in [-0.15, -0.1) is 11.3 Å². The smallest absolute Gasteiger partial charge is 0.0596 e. The molecule has 0 saturated heterocycles. The molecule has 1 heterocycles. The molecular weight excluding hydrogens is 343 g/mol. The fraction of sp³-hybridized carbons (Fsp3) is 0.231. The van der Waals surface area contributed by atoms with Crippen molar-refractivity contribution in [3.8, 4) is 0 Å². The molecule has 2 aromatic rings. The number of aryl methyl sites for hydroxylation is 1. The lowest BCUT2D eigenvalue weighted by atomic mass is 10.0. The van der Waals surface area contributed by atoms with E-state index in [4.69, 9.17) is 5.84 Å². The molecule has 0 spiro atoms. The summed E-state index contributed by atoms with van der Waals surface area (Å²) in [6, 6.07) is 10.9. The Morgan fingerprint density at radius 1 is 1.29 bits per heavy atom. The Morgan fingerprint density at radius 3 is 2.53 bits per heavy atom. The topological polar surface area (TPSA) is 38.0 Å². The summed E-state index contributed by atoms with van der Waals surface area (Å²) in [7, 11) is 0. The fourth-order valence-electron chi connectivity index (χ4n) is 1.82. The van der Waals surface area contributed by atoms with Crippen LogP contribution in [0, 0.1) is 10.5 Å². The lowest BCUT2D eigenvalue weighted by molar-refractivity contribution is 0.558. The summed E-state index contributed by atoms with van der Waals surface area (Å²) in [4.78, 5) is 1.33. The van der Waals surface area contributed by atoms with Crippen LogP contribution in [0.25, 0.3) is 0 Å². The Morgan fingerprint density at radius 2 is 2.00 bits per heavy atom. The van der Waals surface area contributed by atoms with Crippen molar-refractivity contribution in [2.24, 2.45) is 5.84 Å². The number of halogens is 1. The van der Waals surface area contributed by atoms with Gasteiger partial charge in [-0.1, -0.05) is 12.1 Å². The highest BCUT2D eigenvalue weighted by Gasteiger charge is 2.14. The van der Waals surface area contributed by atoms with E-state index in [9.17, 15) is 0 Å². The van der Waals surface area contributed by atoms with Gasteiger partial charge in [0.1, 0.15) is 0 Å². The van der Waals surface area contributed by atoms with Gasteiger partial charge in [-0.3, -0.25) is 11.3 Å². The van der Waals surface area contributed by atoms with E-state index in [1.165, 1.54) is 19.6 Å². The predicted octanol–water partition coefficient (Wildman–Crippen LogP) is 3.41. The molecule has 0 bridgehead atoms. The third-order valence-corrected chi connectivity index (χ3v) is 4.62. The summed E-state index contributed by atoms with van der Waals surface area (Å²) in [6.45, 7) is 2.13. The molecule has 1 unspecified atom stereocenters. The highest BCUT2D eigenvalue weighted by Crippen LogP contribution is 2.26. The van der Waals surface area contributed by atoms with E-state index in [0.717, 1.165) is 6.42 Å². The van der Waals surface area contributed by atoms with Gasteiger partial charge in [0.2, 0.25) is 0 Å². The van der Waals surface area contributed by atoms with Crippen molar-refractivity contribution in [3.63, 3.8) is 0 Å². The molecule has 2 rings (SSSR count). The summed E-state index contributed by atoms with van der Waals surface area (Å²) in [5.74, 6) is 5.67. The van der Waals surface area contributed by atoms with Crippen molar-refractivity contribution in [1.82, 2.24) is 5.43 Å². The van der Waals surface area contributed by atoms with Crippen LogP contribution in [0.4, 0.5) is 0 Å². The second-order valence-corrected chi connectivity index (χ2v) is 6.21. The third-order valence-electron chi connectivity index (χ3n) is 2.77. The van der Waals surface area contributed by atoms with Crippen molar-refractivity contribution < 1.29 is 0 Å². The van der Waals surface area contributed by atoms with Crippen LogP contribution < -0.4 is 11.3 Å². The predicted molar refractivity (Wildman–Crippen MR) is 82.0 cm³/mol. The molecule has 3 N–H and O–H groups in total. The molecule has 0 fully saturated rings. The van der Waals surface area contributed by atoms with Gasteiger partial charge in [0.05, 0.1) is 6.04 Å². The lowest BCUT2D eigenvalue weighted by Crippen LogP contribution is -2.29. The molecule has 1 atom stereocenters. The molecule has 17 heavy (non-hydrogen) atoms. The Labute approximate surface area is 119 Å². The van der Waals surface area contributed by atoms with E-state index in [2.05, 4.69) is 70.7 Å². The molecule has 1 aromatic carbocycles. The summed E-state index contributed by atoms with van der Waals surface area (Å²) < 4.78 is 1.26. The van der Waals surface area contributed by atoms with E-state index in [-0.39, 0.29) is 6.04 Å². The molecular formula is C13H15IN2S. The summed E-state index contributed by atoms with van der Waals surface area (Å²) in [5.41, 5.74) is 5.53. The van der Waals surface area contributed by atoms with Gasteiger partial charge >= 0.3 is 0 Å². The normalized spacial score (nSPS) is 12.6. The molecule has 2 nitrogen and oxygen atoms in total. The largest absolute Gasteiger partial charge is 0.271 e. The zero-order chi connectivity index (χ0) is 12.3. The first kappa shape index (κ1) is 13.0. The van der Waals surface area contributed by atoms with E-state index in [1.54, 1.807) is 11.3 Å². The van der Waals surface area contributed by atoms with Gasteiger partial charge in [-0.2, -0.15) is 0 Å². The Balaban J connectivity index is 2.16. The fourth-order valence-corrected chi connectivity index (χ4v) is 3.17. The molecule has 0 aliphatic heterocycles. The van der Waals surface area contributed by atoms with Crippen molar-refractivity contribution in [1.29, 1.82) is 0 Å². The number of rotatable bonds is 4. The maximum atomic E-state index is 5.67. The average molecular weight is 358 g/mol. The zero-order valence-corrected chi connectivity index (χ0v) is 12.6. The molecule has 1 aromatic heterocycles. The average Bonchev–Trinajstić information content (AvgIpc) is 2.75. The third kappa shape index (κ3) is 3.28. The standard InChI is InChI=1S/C13H15IN2S/c1-9-6-7-17-13(9)12(16-15)8-10-2-4-11(14)5-3-10/h2-7,12,16H,8,15H2,1H3. The van der Waals surface area contributed by atoms with Gasteiger partial charge in [-0.05, 0) is 70.6 Å². The number of nitrogens with two attached hydrogens (primary N) is 1. The van der Waals surface area contributed by atoms with Crippen molar-refractivity contribution in [3.05, 3.63) is 55.3 Å². The molecule has 0 aliphatic carbocycles. The van der Waals surface area contributed by atoms with Crippen molar-refractivity contribution in [2.75, 3.05) is 0 Å². The highest BCUT2D eigenvalue weighted by molar-refractivity contribution is 14.1. The van der Waals surface area contributed by atoms with Crippen molar-refractivity contribution in [2.45, 2.75) is 19.4 Å². The number of hydrazine groups is 1. The van der Waals surface area contributed by atoms with E-state index < -0.39 is 0 Å². The first-order chi connectivity index (χ1) is 8.20. The summed E-state index contributed by atoms with van der Waals surface area (Å²) >= 11 is 4.08. The maximum Gasteiger partial charge on any atom is 0.0596 e. The van der Waals surface area contributed by atoms with Crippen molar-refractivity contribution >= 4 is 33.9 Å². The second-order valence-electron chi connectivity index (χ2n) is 4.02. The Hall–Kier alpha value is -0.430. The summed E-state index contributed by atoms with van der Waals surface area (Å²) in [6.07, 6.45) is 0.925. The van der Waals surface area contributed by atoms with Gasteiger partial charge < -0.3 is 0 Å². The SMILES string of the molecule is Cc1ccsc1C(Cc1ccc(I)cc1)NN. The van der Waals surface area contributed by atoms with Crippen LogP contribution in [0.15, 0.2) is 35.7 Å². The van der Waals surface area contributed by atoms with E-state index >= 15 is 0 Å². The molecule has 0 amide bonds. The lowest BCUT2D eigenvalue weighted by Gasteiger charge is -2.15. The molecule has 4 heteroatoms. The van der Waals surface area contributed by atoms with Gasteiger partial charge in [-0.25, -0.2) is 0 Å². The second kappa shape index (κ2) is 5.95. The molecule has 90 valence electrons. The minimum Gasteiger partial charge on any atom is -0.271 e. The number of benzene rings is 1. The monoisotopic (exact) mass is 358 g/mol. The van der Waals surface area contributed by atoms with Crippen LogP contribution in [0.2, 0.25) is 0 Å². The van der Waals surface area contributed by atoms with Crippen LogP contribution in [0.3, 0.4) is 0 Å². The minimum absolute atomic E-state index is 0.204. The minimum atomic E-state index is 0.204. The number of hydrogen-bond acceptors (Lipinski definition) is 3. The molecule has 0 radical (unpaired) electrons. The Kier molecular flexibility index (Phi) is 4.55. The van der Waals surface area contributed by atoms with Gasteiger partial charge in [0.25, 0.3) is 0 Å². The zero-order valence-electron chi connectivity index (χ0n) is 9.61. The van der Waals surface area contributed by atoms with Crippen LogP contribution in [0.1, 0.15) is 22.0 Å². The van der Waals surface area contributed by atoms with E-state index in [0.29, 0.717) is 0 Å². The van der Waals surface area contributed by atoms with E-state index in [1.807, 2.05) is 0 Å². The van der Waals surface area contributed by atoms with Gasteiger partial charge in [0.15, 0.2) is 0 Å². The molecule has 0 aliphatic rings. The summed E-state index contributed by atoms with van der Waals surface area (Å²) in [5, 5.41) is 2.11.